The maximum atomic E-state index is 13.6. The van der Waals surface area contributed by atoms with E-state index in [1.807, 2.05) is 0 Å². The highest BCUT2D eigenvalue weighted by Gasteiger charge is 2.65. The second-order valence-corrected chi connectivity index (χ2v) is 16.5. The van der Waals surface area contributed by atoms with Crippen molar-refractivity contribution >= 4 is 8.32 Å². The van der Waals surface area contributed by atoms with E-state index >= 15 is 0 Å². The summed E-state index contributed by atoms with van der Waals surface area (Å²) in [7, 11) is -1.99. The molecule has 1 saturated heterocycles. The Balaban J connectivity index is 1.73. The molecule has 0 aliphatic carbocycles. The molecule has 3 atom stereocenters. The van der Waals surface area contributed by atoms with Crippen LogP contribution in [0.1, 0.15) is 69.2 Å². The molecule has 2 aliphatic heterocycles. The van der Waals surface area contributed by atoms with Crippen LogP contribution in [0.4, 0.5) is 13.2 Å². The highest BCUT2D eigenvalue weighted by Crippen LogP contribution is 2.65. The number of alkyl halides is 3. The predicted octanol–water partition coefficient (Wildman–Crippen LogP) is 5.79. The Morgan fingerprint density at radius 2 is 1.81 bits per heavy atom. The summed E-state index contributed by atoms with van der Waals surface area (Å²) in [4.78, 5) is 0. The van der Waals surface area contributed by atoms with Crippen molar-refractivity contribution in [1.82, 2.24) is 4.57 Å². The molecule has 3 heterocycles. The van der Waals surface area contributed by atoms with E-state index in [1.165, 1.54) is 12.1 Å². The molecule has 1 aromatic heterocycles. The zero-order valence-electron chi connectivity index (χ0n) is 21.8. The van der Waals surface area contributed by atoms with E-state index < -0.39 is 54.7 Å². The molecule has 2 aliphatic rings. The quantitative estimate of drug-likeness (QED) is 0.318. The second-order valence-electron chi connectivity index (χ2n) is 11.7. The van der Waals surface area contributed by atoms with E-state index in [4.69, 9.17) is 14.4 Å². The monoisotopic (exact) mass is 538 g/mol. The molecule has 2 aromatic rings. The van der Waals surface area contributed by atoms with E-state index in [0.29, 0.717) is 25.5 Å². The fraction of sp³-hybridized carbons (Fsp3) is 0.577. The summed E-state index contributed by atoms with van der Waals surface area (Å²) in [6.07, 6.45) is -4.71. The Labute approximate surface area is 215 Å². The molecule has 1 fully saturated rings. The summed E-state index contributed by atoms with van der Waals surface area (Å²) < 4.78 is 54.2. The third-order valence-electron chi connectivity index (χ3n) is 8.32. The Hall–Kier alpha value is -2.52. The van der Waals surface area contributed by atoms with Crippen molar-refractivity contribution in [2.75, 3.05) is 6.61 Å². The van der Waals surface area contributed by atoms with Gasteiger partial charge in [0.1, 0.15) is 11.2 Å². The maximum Gasteiger partial charge on any atom is 0.417 e. The van der Waals surface area contributed by atoms with Crippen LogP contribution in [-0.2, 0) is 26.5 Å². The molecular formula is C26H33F3N2O5Si. The first kappa shape index (κ1) is 27.5. The minimum absolute atomic E-state index is 0.0298. The zero-order valence-corrected chi connectivity index (χ0v) is 22.8. The van der Waals surface area contributed by atoms with Crippen molar-refractivity contribution in [3.63, 3.8) is 0 Å². The fourth-order valence-corrected chi connectivity index (χ4v) is 6.36. The topological polar surface area (TPSA) is 108 Å². The van der Waals surface area contributed by atoms with Crippen LogP contribution >= 0.6 is 0 Å². The SMILES string of the molecule is CC(C)(C)[Si](C)(C)OCCC[C@@]12C[C@@H](O)[C@@](C)(O1)c1c2c(O)n(-c2ccc(C#N)c(C(F)(F)F)c2)c1O. The van der Waals surface area contributed by atoms with Crippen LogP contribution in [0.5, 0.6) is 11.8 Å². The molecule has 202 valence electrons. The minimum Gasteiger partial charge on any atom is -0.494 e. The molecule has 7 nitrogen and oxygen atoms in total. The number of fused-ring (bicyclic) bond motifs is 5. The van der Waals surface area contributed by atoms with Crippen molar-refractivity contribution in [1.29, 1.82) is 5.26 Å². The Morgan fingerprint density at radius 1 is 1.19 bits per heavy atom. The smallest absolute Gasteiger partial charge is 0.417 e. The van der Waals surface area contributed by atoms with Gasteiger partial charge in [-0.3, -0.25) is 4.57 Å². The van der Waals surface area contributed by atoms with E-state index in [0.717, 1.165) is 10.6 Å². The van der Waals surface area contributed by atoms with Crippen LogP contribution in [0, 0.1) is 11.3 Å². The lowest BCUT2D eigenvalue weighted by Crippen LogP contribution is -2.41. The number of aliphatic hydroxyl groups is 1. The molecule has 2 bridgehead atoms. The van der Waals surface area contributed by atoms with Gasteiger partial charge in [0.15, 0.2) is 8.32 Å². The van der Waals surface area contributed by atoms with E-state index in [2.05, 4.69) is 33.9 Å². The van der Waals surface area contributed by atoms with Crippen molar-refractivity contribution in [3.8, 4) is 23.5 Å². The number of halogens is 3. The second kappa shape index (κ2) is 8.49. The number of benzene rings is 1. The van der Waals surface area contributed by atoms with Gasteiger partial charge in [0, 0.05) is 13.0 Å². The highest BCUT2D eigenvalue weighted by atomic mass is 28.4. The van der Waals surface area contributed by atoms with Gasteiger partial charge in [-0.2, -0.15) is 18.4 Å². The first-order chi connectivity index (χ1) is 16.9. The van der Waals surface area contributed by atoms with Crippen LogP contribution in [-0.4, -0.2) is 40.9 Å². The van der Waals surface area contributed by atoms with Gasteiger partial charge in [-0.1, -0.05) is 20.8 Å². The molecule has 11 heteroatoms. The molecule has 0 amide bonds. The van der Waals surface area contributed by atoms with Gasteiger partial charge < -0.3 is 24.5 Å². The third-order valence-corrected chi connectivity index (χ3v) is 12.9. The Bertz CT molecular complexity index is 1280. The number of aliphatic hydroxyl groups excluding tert-OH is 1. The summed E-state index contributed by atoms with van der Waals surface area (Å²) >= 11 is 0. The summed E-state index contributed by atoms with van der Waals surface area (Å²) in [6, 6.07) is 4.46. The lowest BCUT2D eigenvalue weighted by atomic mass is 9.75. The van der Waals surface area contributed by atoms with Crippen LogP contribution in [0.3, 0.4) is 0 Å². The molecule has 37 heavy (non-hydrogen) atoms. The first-order valence-corrected chi connectivity index (χ1v) is 15.1. The van der Waals surface area contributed by atoms with Gasteiger partial charge in [-0.25, -0.2) is 0 Å². The molecule has 4 rings (SSSR count). The fourth-order valence-electron chi connectivity index (χ4n) is 5.27. The molecule has 0 saturated carbocycles. The number of hydrogen-bond donors (Lipinski definition) is 3. The molecule has 0 radical (unpaired) electrons. The highest BCUT2D eigenvalue weighted by molar-refractivity contribution is 6.74. The van der Waals surface area contributed by atoms with E-state index in [-0.39, 0.29) is 28.3 Å². The van der Waals surface area contributed by atoms with Gasteiger partial charge in [0.2, 0.25) is 11.8 Å². The molecule has 1 aromatic carbocycles. The van der Waals surface area contributed by atoms with Crippen LogP contribution in [0.25, 0.3) is 5.69 Å². The number of aromatic hydroxyl groups is 2. The zero-order chi connectivity index (χ0) is 27.8. The van der Waals surface area contributed by atoms with E-state index in [1.54, 1.807) is 6.92 Å². The standard InChI is InChI=1S/C26H33F3N2O5Si/c1-23(2,3)37(5,6)35-11-7-10-25-13-18(32)24(4,36-25)19-20(25)22(34)31(21(19)33)16-9-8-15(14-30)17(12-16)26(27,28)29/h8-9,12,18,32-34H,7,10-11,13H2,1-6H3/t18-,24-,25+/m1/s1. The molecular weight excluding hydrogens is 505 g/mol. The van der Waals surface area contributed by atoms with Gasteiger partial charge in [0.25, 0.3) is 0 Å². The summed E-state index contributed by atoms with van der Waals surface area (Å²) in [6.45, 7) is 12.7. The average molecular weight is 539 g/mol. The largest absolute Gasteiger partial charge is 0.494 e. The number of hydrogen-bond acceptors (Lipinski definition) is 6. The number of nitrogens with zero attached hydrogens (tertiary/aromatic N) is 2. The number of aromatic nitrogens is 1. The molecule has 3 N–H and O–H groups in total. The number of ether oxygens (including phenoxy) is 1. The average Bonchev–Trinajstić information content (AvgIpc) is 3.31. The molecule has 0 unspecified atom stereocenters. The molecule has 0 spiro atoms. The van der Waals surface area contributed by atoms with Crippen LogP contribution < -0.4 is 0 Å². The predicted molar refractivity (Wildman–Crippen MR) is 132 cm³/mol. The first-order valence-electron chi connectivity index (χ1n) is 12.2. The van der Waals surface area contributed by atoms with E-state index in [9.17, 15) is 28.5 Å². The van der Waals surface area contributed by atoms with Gasteiger partial charge in [0.05, 0.1) is 40.1 Å². The third kappa shape index (κ3) is 4.14. The minimum atomic E-state index is -4.81. The summed E-state index contributed by atoms with van der Waals surface area (Å²) in [5, 5.41) is 42.4. The lowest BCUT2D eigenvalue weighted by Gasteiger charge is -2.36. The number of nitriles is 1. The van der Waals surface area contributed by atoms with Crippen LogP contribution in [0.2, 0.25) is 18.1 Å². The van der Waals surface area contributed by atoms with Crippen molar-refractivity contribution < 1.29 is 37.7 Å². The summed E-state index contributed by atoms with van der Waals surface area (Å²) in [5.74, 6) is -0.961. The van der Waals surface area contributed by atoms with Gasteiger partial charge >= 0.3 is 6.18 Å². The Kier molecular flexibility index (Phi) is 6.32. The maximum absolute atomic E-state index is 13.6. The Morgan fingerprint density at radius 3 is 2.38 bits per heavy atom. The normalized spacial score (nSPS) is 25.4. The van der Waals surface area contributed by atoms with Crippen molar-refractivity contribution in [2.24, 2.45) is 0 Å². The van der Waals surface area contributed by atoms with Crippen molar-refractivity contribution in [3.05, 3.63) is 40.5 Å². The van der Waals surface area contributed by atoms with Crippen molar-refractivity contribution in [2.45, 2.75) is 88.6 Å². The van der Waals surface area contributed by atoms with Gasteiger partial charge in [-0.05, 0) is 56.1 Å². The summed E-state index contributed by atoms with van der Waals surface area (Å²) in [5.41, 5.74) is -3.96. The van der Waals surface area contributed by atoms with Crippen LogP contribution in [0.15, 0.2) is 18.2 Å². The number of rotatable bonds is 6. The lowest BCUT2D eigenvalue weighted by molar-refractivity contribution is -0.137. The van der Waals surface area contributed by atoms with Gasteiger partial charge in [-0.15, -0.1) is 0 Å².